The molecule has 0 unspecified atom stereocenters. The molecule has 1 aromatic heterocycles. The lowest BCUT2D eigenvalue weighted by atomic mass is 10.1. The predicted molar refractivity (Wildman–Crippen MR) is 109 cm³/mol. The molecule has 8 heteroatoms. The second kappa shape index (κ2) is 9.05. The third-order valence-corrected chi connectivity index (χ3v) is 5.56. The number of hydrogen-bond acceptors (Lipinski definition) is 3. The van der Waals surface area contributed by atoms with Gasteiger partial charge in [-0.25, -0.2) is 13.1 Å². The maximum atomic E-state index is 12.7. The first-order valence-corrected chi connectivity index (χ1v) is 10.4. The van der Waals surface area contributed by atoms with Crippen molar-refractivity contribution in [3.8, 4) is 0 Å². The molecule has 27 heavy (non-hydrogen) atoms. The maximum Gasteiger partial charge on any atom is 0.241 e. The molecule has 7 nitrogen and oxygen atoms in total. The lowest BCUT2D eigenvalue weighted by Gasteiger charge is -2.22. The molecule has 0 aliphatic rings. The summed E-state index contributed by atoms with van der Waals surface area (Å²) in [5.41, 5.74) is 0.137. The van der Waals surface area contributed by atoms with Gasteiger partial charge in [0, 0.05) is 44.6 Å². The molecule has 2 rings (SSSR count). The van der Waals surface area contributed by atoms with Crippen molar-refractivity contribution in [1.29, 1.82) is 0 Å². The zero-order chi connectivity index (χ0) is 19.9. The average molecular weight is 392 g/mol. The van der Waals surface area contributed by atoms with Gasteiger partial charge in [0.2, 0.25) is 10.0 Å². The van der Waals surface area contributed by atoms with Gasteiger partial charge >= 0.3 is 0 Å². The molecule has 1 heterocycles. The minimum Gasteiger partial charge on any atom is -0.355 e. The van der Waals surface area contributed by atoms with E-state index in [9.17, 15) is 8.42 Å². The van der Waals surface area contributed by atoms with Crippen LogP contribution in [0.3, 0.4) is 0 Å². The Morgan fingerprint density at radius 1 is 1.07 bits per heavy atom. The number of nitrogens with zero attached hydrogens (tertiary/aromatic N) is 2. The van der Waals surface area contributed by atoms with E-state index in [0.717, 1.165) is 6.54 Å². The van der Waals surface area contributed by atoms with Crippen molar-refractivity contribution in [3.63, 3.8) is 0 Å². The van der Waals surface area contributed by atoms with Gasteiger partial charge in [0.25, 0.3) is 0 Å². The summed E-state index contributed by atoms with van der Waals surface area (Å²) in [6.45, 7) is 7.34. The molecule has 0 bridgehead atoms. The van der Waals surface area contributed by atoms with Crippen molar-refractivity contribution in [1.82, 2.24) is 19.9 Å². The fourth-order valence-electron chi connectivity index (χ4n) is 2.59. The number of hydrogen-bond donors (Lipinski definition) is 3. The van der Waals surface area contributed by atoms with Crippen LogP contribution in [0, 0.1) is 0 Å². The molecule has 0 fully saturated rings. The summed E-state index contributed by atoms with van der Waals surface area (Å²) in [7, 11) is -1.91. The fraction of sp³-hybridized carbons (Fsp3) is 0.421. The number of guanidine groups is 1. The summed E-state index contributed by atoms with van der Waals surface area (Å²) < 4.78 is 30.2. The van der Waals surface area contributed by atoms with Crippen molar-refractivity contribution in [2.24, 2.45) is 4.99 Å². The van der Waals surface area contributed by atoms with E-state index >= 15 is 0 Å². The molecule has 0 amide bonds. The highest BCUT2D eigenvalue weighted by Gasteiger charge is 2.24. The van der Waals surface area contributed by atoms with E-state index in [4.69, 9.17) is 0 Å². The molecule has 148 valence electrons. The molecule has 0 aliphatic carbocycles. The summed E-state index contributed by atoms with van der Waals surface area (Å²) in [6, 6.07) is 10.9. The molecular formula is C19H29N5O2S. The molecule has 0 saturated heterocycles. The van der Waals surface area contributed by atoms with Gasteiger partial charge in [-0.2, -0.15) is 0 Å². The smallest absolute Gasteiger partial charge is 0.241 e. The Balaban J connectivity index is 2.00. The minimum absolute atomic E-state index is 0.273. The van der Waals surface area contributed by atoms with Crippen LogP contribution in [0.15, 0.2) is 58.7 Å². The molecule has 0 atom stereocenters. The first-order valence-electron chi connectivity index (χ1n) is 8.88. The number of sulfonamides is 1. The third kappa shape index (κ3) is 6.73. The van der Waals surface area contributed by atoms with Crippen LogP contribution in [0.2, 0.25) is 0 Å². The van der Waals surface area contributed by atoms with E-state index in [1.165, 1.54) is 0 Å². The third-order valence-electron chi connectivity index (χ3n) is 3.70. The molecule has 1 aromatic carbocycles. The van der Waals surface area contributed by atoms with Gasteiger partial charge in [-0.3, -0.25) is 4.99 Å². The van der Waals surface area contributed by atoms with Gasteiger partial charge in [-0.1, -0.05) is 18.2 Å². The first kappa shape index (κ1) is 21.0. The summed E-state index contributed by atoms with van der Waals surface area (Å²) >= 11 is 0. The largest absolute Gasteiger partial charge is 0.355 e. The second-order valence-electron chi connectivity index (χ2n) is 7.24. The topological polar surface area (TPSA) is 87.5 Å². The van der Waals surface area contributed by atoms with Crippen LogP contribution in [0.5, 0.6) is 0 Å². The lowest BCUT2D eigenvalue weighted by molar-refractivity contribution is 0.491. The van der Waals surface area contributed by atoms with Crippen LogP contribution in [-0.2, 0) is 23.1 Å². The highest BCUT2D eigenvalue weighted by molar-refractivity contribution is 7.89. The molecule has 0 aliphatic heterocycles. The fourth-order valence-corrected chi connectivity index (χ4v) is 4.25. The van der Waals surface area contributed by atoms with Crippen molar-refractivity contribution < 1.29 is 8.42 Å². The Bertz CT molecular complexity index is 852. The highest BCUT2D eigenvalue weighted by Crippen LogP contribution is 2.17. The van der Waals surface area contributed by atoms with Crippen molar-refractivity contribution in [2.75, 3.05) is 13.6 Å². The quantitative estimate of drug-likeness (QED) is 0.497. The Morgan fingerprint density at radius 3 is 2.37 bits per heavy atom. The average Bonchev–Trinajstić information content (AvgIpc) is 3.09. The number of rotatable bonds is 7. The number of benzene rings is 1. The molecule has 0 radical (unpaired) electrons. The van der Waals surface area contributed by atoms with Gasteiger partial charge < -0.3 is 15.2 Å². The van der Waals surface area contributed by atoms with Crippen molar-refractivity contribution in [2.45, 2.75) is 44.3 Å². The molecular weight excluding hydrogens is 362 g/mol. The summed E-state index contributed by atoms with van der Waals surface area (Å²) in [6.07, 6.45) is 4.00. The monoisotopic (exact) mass is 391 g/mol. The summed E-state index contributed by atoms with van der Waals surface area (Å²) in [5.74, 6) is 0.623. The van der Waals surface area contributed by atoms with Crippen LogP contribution in [-0.4, -0.2) is 38.1 Å². The zero-order valence-corrected chi connectivity index (χ0v) is 17.2. The normalized spacial score (nSPS) is 12.8. The van der Waals surface area contributed by atoms with Gasteiger partial charge in [0.1, 0.15) is 0 Å². The number of aliphatic imine (C=N–C) groups is 1. The SMILES string of the molecule is CN=C(NCCn1cccc1)NCc1ccccc1S(=O)(=O)NC(C)(C)C. The van der Waals surface area contributed by atoms with Crippen LogP contribution in [0.1, 0.15) is 26.3 Å². The first-order chi connectivity index (χ1) is 12.7. The molecule has 0 saturated carbocycles. The molecule has 2 aromatic rings. The Labute approximate surface area is 161 Å². The van der Waals surface area contributed by atoms with Gasteiger partial charge in [0.15, 0.2) is 5.96 Å². The van der Waals surface area contributed by atoms with Gasteiger partial charge in [-0.15, -0.1) is 0 Å². The molecule has 3 N–H and O–H groups in total. The maximum absolute atomic E-state index is 12.7. The number of nitrogens with one attached hydrogen (secondary N) is 3. The predicted octanol–water partition coefficient (Wildman–Crippen LogP) is 1.93. The summed E-state index contributed by atoms with van der Waals surface area (Å²) in [5, 5.41) is 6.41. The number of aromatic nitrogens is 1. The van der Waals surface area contributed by atoms with Crippen LogP contribution < -0.4 is 15.4 Å². The summed E-state index contributed by atoms with van der Waals surface area (Å²) in [4.78, 5) is 4.47. The van der Waals surface area contributed by atoms with E-state index in [0.29, 0.717) is 24.6 Å². The van der Waals surface area contributed by atoms with Crippen LogP contribution in [0.4, 0.5) is 0 Å². The standard InChI is InChI=1S/C19H29N5O2S/c1-19(2,3)23-27(25,26)17-10-6-5-9-16(17)15-22-18(20-4)21-11-14-24-12-7-8-13-24/h5-10,12-13,23H,11,14-15H2,1-4H3,(H2,20,21,22). The van der Waals surface area contributed by atoms with Crippen molar-refractivity contribution in [3.05, 3.63) is 54.4 Å². The zero-order valence-electron chi connectivity index (χ0n) is 16.4. The van der Waals surface area contributed by atoms with Gasteiger partial charge in [0.05, 0.1) is 4.90 Å². The Kier molecular flexibility index (Phi) is 7.04. The van der Waals surface area contributed by atoms with Crippen LogP contribution in [0.25, 0.3) is 0 Å². The lowest BCUT2D eigenvalue weighted by Crippen LogP contribution is -2.41. The van der Waals surface area contributed by atoms with Gasteiger partial charge in [-0.05, 0) is 44.5 Å². The van der Waals surface area contributed by atoms with E-state index < -0.39 is 15.6 Å². The second-order valence-corrected chi connectivity index (χ2v) is 8.89. The van der Waals surface area contributed by atoms with E-state index in [-0.39, 0.29) is 4.90 Å². The highest BCUT2D eigenvalue weighted by atomic mass is 32.2. The Morgan fingerprint density at radius 2 is 1.74 bits per heavy atom. The minimum atomic E-state index is -3.60. The van der Waals surface area contributed by atoms with Crippen LogP contribution >= 0.6 is 0 Å². The van der Waals surface area contributed by atoms with E-state index in [1.807, 2.05) is 51.4 Å². The van der Waals surface area contributed by atoms with E-state index in [2.05, 4.69) is 24.9 Å². The van der Waals surface area contributed by atoms with Crippen molar-refractivity contribution >= 4 is 16.0 Å². The van der Waals surface area contributed by atoms with E-state index in [1.54, 1.807) is 25.2 Å². The Hall–Kier alpha value is -2.32. The molecule has 0 spiro atoms.